The van der Waals surface area contributed by atoms with E-state index in [0.717, 1.165) is 55.4 Å². The summed E-state index contributed by atoms with van der Waals surface area (Å²) in [6.45, 7) is 11.1. The van der Waals surface area contributed by atoms with Crippen LogP contribution in [0.4, 0.5) is 11.4 Å². The summed E-state index contributed by atoms with van der Waals surface area (Å²) in [4.78, 5) is 22.2. The lowest BCUT2D eigenvalue weighted by Gasteiger charge is -2.37. The minimum atomic E-state index is -1.17. The maximum Gasteiger partial charge on any atom is 0.350 e. The number of aromatic nitrogens is 6. The monoisotopic (exact) mass is 805 g/mol. The molecule has 0 saturated carbocycles. The van der Waals surface area contributed by atoms with Crippen LogP contribution in [0.5, 0.6) is 5.75 Å². The molecular weight excluding hydrogens is 757 g/mol. The molecule has 0 bridgehead atoms. The molecule has 16 heteroatoms. The Morgan fingerprint density at radius 2 is 1.62 bits per heavy atom. The number of piperazine rings is 1. The fourth-order valence-electron chi connectivity index (χ4n) is 7.22. The third kappa shape index (κ3) is 8.90. The Balaban J connectivity index is 0.905. The fourth-order valence-corrected chi connectivity index (χ4v) is 7.77. The zero-order chi connectivity index (χ0) is 39.2. The Hall–Kier alpha value is -4.44. The Morgan fingerprint density at radius 1 is 0.946 bits per heavy atom. The molecule has 4 unspecified atom stereocenters. The lowest BCUT2D eigenvalue weighted by Crippen LogP contribution is -2.46. The molecule has 2 aliphatic heterocycles. The van der Waals surface area contributed by atoms with E-state index in [9.17, 15) is 9.90 Å². The van der Waals surface area contributed by atoms with Gasteiger partial charge in [-0.15, -0.1) is 0 Å². The number of hydrogen-bond donors (Lipinski definition) is 2. The molecule has 0 spiro atoms. The number of halogens is 2. The Bertz CT molecular complexity index is 2070. The highest BCUT2D eigenvalue weighted by Gasteiger charge is 2.45. The summed E-state index contributed by atoms with van der Waals surface area (Å²) in [5.41, 5.74) is 3.49. The highest BCUT2D eigenvalue weighted by atomic mass is 35.5. The second-order valence-electron chi connectivity index (χ2n) is 14.5. The van der Waals surface area contributed by atoms with Gasteiger partial charge in [-0.05, 0) is 73.0 Å². The highest BCUT2D eigenvalue weighted by Crippen LogP contribution is 2.40. The summed E-state index contributed by atoms with van der Waals surface area (Å²) < 4.78 is 23.7. The summed E-state index contributed by atoms with van der Waals surface area (Å²) in [6, 6.07) is 21.3. The number of ether oxygens (including phenoxy) is 3. The summed E-state index contributed by atoms with van der Waals surface area (Å²) in [6.07, 6.45) is 5.05. The van der Waals surface area contributed by atoms with Gasteiger partial charge in [-0.2, -0.15) is 10.2 Å². The quantitative estimate of drug-likeness (QED) is 0.137. The molecule has 5 aromatic rings. The highest BCUT2D eigenvalue weighted by molar-refractivity contribution is 6.35. The molecule has 56 heavy (non-hydrogen) atoms. The van der Waals surface area contributed by atoms with E-state index in [1.54, 1.807) is 38.7 Å². The third-order valence-electron chi connectivity index (χ3n) is 10.6. The first-order valence-corrected chi connectivity index (χ1v) is 19.8. The predicted octanol–water partition coefficient (Wildman–Crippen LogP) is 5.16. The average molecular weight is 807 g/mol. The number of benzene rings is 3. The lowest BCUT2D eigenvalue weighted by molar-refractivity contribution is -0.190. The van der Waals surface area contributed by atoms with E-state index < -0.39 is 5.79 Å². The van der Waals surface area contributed by atoms with Crippen LogP contribution in [0.15, 0.2) is 90.5 Å². The van der Waals surface area contributed by atoms with Crippen LogP contribution >= 0.6 is 23.2 Å². The van der Waals surface area contributed by atoms with Gasteiger partial charge in [0.1, 0.15) is 44.0 Å². The minimum absolute atomic E-state index is 0.0281. The van der Waals surface area contributed by atoms with Crippen LogP contribution in [0, 0.1) is 5.92 Å². The van der Waals surface area contributed by atoms with E-state index >= 15 is 0 Å². The number of rotatable bonds is 16. The van der Waals surface area contributed by atoms with Crippen molar-refractivity contribution in [3.05, 3.63) is 112 Å². The van der Waals surface area contributed by atoms with Gasteiger partial charge in [0.15, 0.2) is 0 Å². The fraction of sp³-hybridized carbons (Fsp3) is 0.450. The molecule has 2 N–H and O–H groups in total. The molecule has 7 rings (SSSR count). The summed E-state index contributed by atoms with van der Waals surface area (Å²) in [5, 5.41) is 22.7. The molecule has 4 atom stereocenters. The van der Waals surface area contributed by atoms with Crippen molar-refractivity contribution < 1.29 is 19.3 Å². The molecule has 2 aliphatic rings. The number of aliphatic hydroxyl groups is 1. The second-order valence-corrected chi connectivity index (χ2v) is 15.4. The van der Waals surface area contributed by atoms with Crippen molar-refractivity contribution in [3.63, 3.8) is 0 Å². The normalized spacial score (nSPS) is 19.8. The Morgan fingerprint density at radius 3 is 2.23 bits per heavy atom. The van der Waals surface area contributed by atoms with Crippen molar-refractivity contribution in [1.82, 2.24) is 34.4 Å². The first-order chi connectivity index (χ1) is 27.2. The predicted molar refractivity (Wildman–Crippen MR) is 216 cm³/mol. The van der Waals surface area contributed by atoms with Crippen molar-refractivity contribution in [2.45, 2.75) is 57.7 Å². The van der Waals surface area contributed by atoms with Gasteiger partial charge < -0.3 is 34.4 Å². The molecule has 2 saturated heterocycles. The first kappa shape index (κ1) is 39.8. The largest absolute Gasteiger partial charge is 0.491 e. The molecular formula is C40H49Cl2N9O5. The van der Waals surface area contributed by atoms with Crippen LogP contribution in [-0.4, -0.2) is 98.9 Å². The zero-order valence-electron chi connectivity index (χ0n) is 31.9. The van der Waals surface area contributed by atoms with E-state index in [4.69, 9.17) is 37.4 Å². The van der Waals surface area contributed by atoms with Crippen molar-refractivity contribution in [1.29, 1.82) is 0 Å². The SMILES string of the molecule is CCC(CNC(CO)C(C)C)n1ncn(-c2ccc(N3CCN(c4ccc(OCC5COC(Cn6cncn6)(c6ccc(Cl)cc6Cl)O5)cc4)CC3)cc2)c1=O. The second kappa shape index (κ2) is 17.8. The van der Waals surface area contributed by atoms with Gasteiger partial charge in [-0.3, -0.25) is 0 Å². The van der Waals surface area contributed by atoms with Crippen LogP contribution in [0.25, 0.3) is 5.69 Å². The van der Waals surface area contributed by atoms with Gasteiger partial charge in [0, 0.05) is 60.7 Å². The molecule has 4 heterocycles. The van der Waals surface area contributed by atoms with Gasteiger partial charge in [-0.25, -0.2) is 23.7 Å². The van der Waals surface area contributed by atoms with Gasteiger partial charge >= 0.3 is 5.69 Å². The van der Waals surface area contributed by atoms with E-state index in [2.05, 4.69) is 68.4 Å². The Kier molecular flexibility index (Phi) is 12.6. The maximum absolute atomic E-state index is 13.4. The zero-order valence-corrected chi connectivity index (χ0v) is 33.4. The number of hydrogen-bond acceptors (Lipinski definition) is 11. The van der Waals surface area contributed by atoms with Crippen LogP contribution in [0.3, 0.4) is 0 Å². The Labute approximate surface area is 336 Å². The number of anilines is 2. The van der Waals surface area contributed by atoms with E-state index in [1.165, 1.54) is 6.33 Å². The van der Waals surface area contributed by atoms with Crippen molar-refractivity contribution in [2.75, 3.05) is 62.3 Å². The summed E-state index contributed by atoms with van der Waals surface area (Å²) in [5.74, 6) is -0.149. The minimum Gasteiger partial charge on any atom is -0.491 e. The average Bonchev–Trinajstić information content (AvgIpc) is 3.97. The van der Waals surface area contributed by atoms with Crippen molar-refractivity contribution >= 4 is 34.6 Å². The molecule has 3 aromatic carbocycles. The smallest absolute Gasteiger partial charge is 0.350 e. The molecule has 0 radical (unpaired) electrons. The molecule has 2 fully saturated rings. The van der Waals surface area contributed by atoms with Crippen LogP contribution in [0.2, 0.25) is 10.0 Å². The van der Waals surface area contributed by atoms with E-state index in [0.29, 0.717) is 35.4 Å². The van der Waals surface area contributed by atoms with Crippen LogP contribution in [0.1, 0.15) is 38.8 Å². The standard InChI is InChI=1S/C40H49Cl2N9O5/c1-4-30(20-44-38(21-52)28(2)3)51-39(53)50(27-46-51)33-8-6-31(7-9-33)47-15-17-48(18-16-47)32-10-12-34(13-11-32)54-22-35-23-55-40(56-35,24-49-26-43-25-45-49)36-14-5-29(41)19-37(36)42/h5-14,19,25-28,30,35,38,44,52H,4,15-18,20-24H2,1-3H3. The maximum atomic E-state index is 13.4. The van der Waals surface area contributed by atoms with Crippen LogP contribution in [-0.2, 0) is 21.8 Å². The van der Waals surface area contributed by atoms with Gasteiger partial charge in [0.25, 0.3) is 0 Å². The van der Waals surface area contributed by atoms with E-state index in [1.807, 2.05) is 37.3 Å². The number of aliphatic hydroxyl groups excluding tert-OH is 1. The van der Waals surface area contributed by atoms with Gasteiger partial charge in [0.2, 0.25) is 5.79 Å². The number of nitrogens with zero attached hydrogens (tertiary/aromatic N) is 8. The molecule has 298 valence electrons. The topological polar surface area (TPSA) is 137 Å². The van der Waals surface area contributed by atoms with Gasteiger partial charge in [0.05, 0.1) is 30.0 Å². The van der Waals surface area contributed by atoms with Crippen molar-refractivity contribution in [2.24, 2.45) is 5.92 Å². The molecule has 14 nitrogen and oxygen atoms in total. The van der Waals surface area contributed by atoms with E-state index in [-0.39, 0.29) is 42.9 Å². The summed E-state index contributed by atoms with van der Waals surface area (Å²) >= 11 is 12.8. The first-order valence-electron chi connectivity index (χ1n) is 19.1. The van der Waals surface area contributed by atoms with Gasteiger partial charge in [-0.1, -0.05) is 50.0 Å². The number of nitrogens with one attached hydrogen (secondary N) is 1. The summed E-state index contributed by atoms with van der Waals surface area (Å²) in [7, 11) is 0. The molecule has 2 aromatic heterocycles. The molecule has 0 aliphatic carbocycles. The van der Waals surface area contributed by atoms with Crippen molar-refractivity contribution in [3.8, 4) is 11.4 Å². The lowest BCUT2D eigenvalue weighted by atomic mass is 10.0. The van der Waals surface area contributed by atoms with Crippen LogP contribution < -0.4 is 25.5 Å². The third-order valence-corrected chi connectivity index (χ3v) is 11.1. The molecule has 0 amide bonds.